The molecule has 0 unspecified atom stereocenters. The molecule has 0 radical (unpaired) electrons. The molecule has 0 saturated heterocycles. The van der Waals surface area contributed by atoms with Crippen molar-refractivity contribution in [3.05, 3.63) is 69.1 Å². The van der Waals surface area contributed by atoms with E-state index in [1.54, 1.807) is 43.7 Å². The van der Waals surface area contributed by atoms with Crippen molar-refractivity contribution in [1.82, 2.24) is 0 Å². The molecule has 0 fully saturated rings. The van der Waals surface area contributed by atoms with Crippen LogP contribution in [0.1, 0.15) is 27.0 Å². The number of hydrogen-bond acceptors (Lipinski definition) is 6. The predicted molar refractivity (Wildman–Crippen MR) is 127 cm³/mol. The Morgan fingerprint density at radius 1 is 1.16 bits per heavy atom. The molecular formula is C23H17ClFNO4S2. The van der Waals surface area contributed by atoms with Crippen LogP contribution in [0, 0.1) is 5.82 Å². The average molecular weight is 490 g/mol. The number of thiophene rings is 2. The van der Waals surface area contributed by atoms with Crippen molar-refractivity contribution in [2.24, 2.45) is 0 Å². The molecule has 0 aliphatic rings. The van der Waals surface area contributed by atoms with Gasteiger partial charge >= 0.3 is 5.97 Å². The highest BCUT2D eigenvalue weighted by atomic mass is 35.5. The predicted octanol–water partition coefficient (Wildman–Crippen LogP) is 6.86. The number of benzene rings is 2. The van der Waals surface area contributed by atoms with Crippen LogP contribution in [0.5, 0.6) is 5.75 Å². The number of anilines is 1. The molecule has 1 N–H and O–H groups in total. The Morgan fingerprint density at radius 2 is 1.91 bits per heavy atom. The third kappa shape index (κ3) is 4.21. The quantitative estimate of drug-likeness (QED) is 0.300. The van der Waals surface area contributed by atoms with Gasteiger partial charge in [0.1, 0.15) is 27.0 Å². The van der Waals surface area contributed by atoms with E-state index in [1.807, 2.05) is 6.07 Å². The van der Waals surface area contributed by atoms with Crippen molar-refractivity contribution in [3.63, 3.8) is 0 Å². The highest BCUT2D eigenvalue weighted by Gasteiger charge is 2.25. The standard InChI is InChI=1S/C23H17ClFNO4S2/c1-3-30-23(28)18-16(12-4-6-13(25)7-5-12)11-31-22(18)26-21(27)20-19(24)15-10-14(29-2)8-9-17(15)32-20/h4-11H,3H2,1-2H3,(H,26,27). The number of esters is 1. The lowest BCUT2D eigenvalue weighted by Gasteiger charge is -2.08. The first kappa shape index (κ1) is 22.3. The third-order valence-corrected chi connectivity index (χ3v) is 7.26. The molecule has 2 aromatic carbocycles. The van der Waals surface area contributed by atoms with Crippen molar-refractivity contribution >= 4 is 61.2 Å². The van der Waals surface area contributed by atoms with E-state index in [4.69, 9.17) is 21.1 Å². The normalized spacial score (nSPS) is 10.9. The third-order valence-electron chi connectivity index (χ3n) is 4.69. The van der Waals surface area contributed by atoms with Gasteiger partial charge in [0.15, 0.2) is 0 Å². The van der Waals surface area contributed by atoms with E-state index in [0.29, 0.717) is 37.2 Å². The first-order valence-electron chi connectivity index (χ1n) is 9.54. The van der Waals surface area contributed by atoms with Crippen molar-refractivity contribution in [1.29, 1.82) is 0 Å². The van der Waals surface area contributed by atoms with Crippen LogP contribution in [0.2, 0.25) is 5.02 Å². The first-order valence-corrected chi connectivity index (χ1v) is 11.6. The lowest BCUT2D eigenvalue weighted by atomic mass is 10.0. The summed E-state index contributed by atoms with van der Waals surface area (Å²) in [6.45, 7) is 1.88. The molecule has 4 rings (SSSR count). The van der Waals surface area contributed by atoms with Crippen molar-refractivity contribution in [2.45, 2.75) is 6.92 Å². The van der Waals surface area contributed by atoms with Crippen LogP contribution in [-0.4, -0.2) is 25.6 Å². The summed E-state index contributed by atoms with van der Waals surface area (Å²) in [5, 5.41) is 5.89. The summed E-state index contributed by atoms with van der Waals surface area (Å²) < 4.78 is 24.6. The highest BCUT2D eigenvalue weighted by molar-refractivity contribution is 7.22. The minimum Gasteiger partial charge on any atom is -0.497 e. The number of methoxy groups -OCH3 is 1. The zero-order chi connectivity index (χ0) is 22.8. The Labute approximate surface area is 196 Å². The first-order chi connectivity index (χ1) is 15.4. The van der Waals surface area contributed by atoms with Crippen LogP contribution in [0.3, 0.4) is 0 Å². The summed E-state index contributed by atoms with van der Waals surface area (Å²) in [6.07, 6.45) is 0. The Morgan fingerprint density at radius 3 is 2.59 bits per heavy atom. The summed E-state index contributed by atoms with van der Waals surface area (Å²) in [7, 11) is 1.56. The molecule has 0 bridgehead atoms. The molecule has 32 heavy (non-hydrogen) atoms. The van der Waals surface area contributed by atoms with E-state index in [9.17, 15) is 14.0 Å². The van der Waals surface area contributed by atoms with Gasteiger partial charge in [-0.15, -0.1) is 22.7 Å². The zero-order valence-corrected chi connectivity index (χ0v) is 19.4. The average Bonchev–Trinajstić information content (AvgIpc) is 3.35. The number of fused-ring (bicyclic) bond motifs is 1. The van der Waals surface area contributed by atoms with Crippen LogP contribution in [0.4, 0.5) is 9.39 Å². The summed E-state index contributed by atoms with van der Waals surface area (Å²) in [6, 6.07) is 11.2. The molecule has 2 heterocycles. The van der Waals surface area contributed by atoms with Crippen LogP contribution in [0.25, 0.3) is 21.2 Å². The van der Waals surface area contributed by atoms with Crippen molar-refractivity contribution in [2.75, 3.05) is 19.0 Å². The van der Waals surface area contributed by atoms with Gasteiger partial charge in [-0.3, -0.25) is 4.79 Å². The molecule has 9 heteroatoms. The lowest BCUT2D eigenvalue weighted by molar-refractivity contribution is 0.0529. The van der Waals surface area contributed by atoms with E-state index in [-0.39, 0.29) is 18.0 Å². The fourth-order valence-electron chi connectivity index (χ4n) is 3.18. The Hall–Kier alpha value is -2.94. The number of amides is 1. The van der Waals surface area contributed by atoms with E-state index in [2.05, 4.69) is 5.32 Å². The zero-order valence-electron chi connectivity index (χ0n) is 17.0. The SMILES string of the molecule is CCOC(=O)c1c(-c2ccc(F)cc2)csc1NC(=O)c1sc2ccc(OC)cc2c1Cl. The lowest BCUT2D eigenvalue weighted by Crippen LogP contribution is -2.14. The van der Waals surface area contributed by atoms with Gasteiger partial charge in [-0.05, 0) is 42.8 Å². The second-order valence-corrected chi connectivity index (χ2v) is 8.95. The van der Waals surface area contributed by atoms with Crippen molar-refractivity contribution in [3.8, 4) is 16.9 Å². The van der Waals surface area contributed by atoms with Gasteiger partial charge in [-0.25, -0.2) is 9.18 Å². The van der Waals surface area contributed by atoms with Crippen LogP contribution in [0.15, 0.2) is 47.8 Å². The maximum atomic E-state index is 13.4. The van der Waals surface area contributed by atoms with Gasteiger partial charge in [0.2, 0.25) is 0 Å². The molecule has 0 aliphatic carbocycles. The summed E-state index contributed by atoms with van der Waals surface area (Å²) in [5.41, 5.74) is 1.41. The monoisotopic (exact) mass is 489 g/mol. The summed E-state index contributed by atoms with van der Waals surface area (Å²) in [4.78, 5) is 26.1. The number of hydrogen-bond donors (Lipinski definition) is 1. The topological polar surface area (TPSA) is 64.6 Å². The minimum atomic E-state index is -0.574. The van der Waals surface area contributed by atoms with E-state index < -0.39 is 11.9 Å². The van der Waals surface area contributed by atoms with Gasteiger partial charge in [-0.1, -0.05) is 23.7 Å². The van der Waals surface area contributed by atoms with E-state index in [1.165, 1.54) is 34.8 Å². The Kier molecular flexibility index (Phi) is 6.45. The summed E-state index contributed by atoms with van der Waals surface area (Å²) in [5.74, 6) is -0.758. The molecule has 4 aromatic rings. The fourth-order valence-corrected chi connectivity index (χ4v) is 5.51. The molecular weight excluding hydrogens is 473 g/mol. The molecule has 2 aromatic heterocycles. The van der Waals surface area contributed by atoms with E-state index >= 15 is 0 Å². The fraction of sp³-hybridized carbons (Fsp3) is 0.130. The molecule has 0 atom stereocenters. The Bertz CT molecular complexity index is 1310. The number of ether oxygens (including phenoxy) is 2. The molecule has 0 aliphatic heterocycles. The van der Waals surface area contributed by atoms with Gasteiger partial charge in [0.05, 0.1) is 18.7 Å². The van der Waals surface area contributed by atoms with Crippen LogP contribution >= 0.6 is 34.3 Å². The minimum absolute atomic E-state index is 0.175. The highest BCUT2D eigenvalue weighted by Crippen LogP contribution is 2.40. The maximum absolute atomic E-state index is 13.4. The number of carbonyl (C=O) groups excluding carboxylic acids is 2. The Balaban J connectivity index is 1.72. The maximum Gasteiger partial charge on any atom is 0.341 e. The van der Waals surface area contributed by atoms with Crippen LogP contribution < -0.4 is 10.1 Å². The molecule has 0 saturated carbocycles. The smallest absolute Gasteiger partial charge is 0.341 e. The van der Waals surface area contributed by atoms with Gasteiger partial charge < -0.3 is 14.8 Å². The second-order valence-electron chi connectivity index (χ2n) is 6.64. The molecule has 5 nitrogen and oxygen atoms in total. The summed E-state index contributed by atoms with van der Waals surface area (Å²) >= 11 is 8.92. The molecule has 164 valence electrons. The van der Waals surface area contributed by atoms with E-state index in [0.717, 1.165) is 4.70 Å². The molecule has 0 spiro atoms. The van der Waals surface area contributed by atoms with Gasteiger partial charge in [-0.2, -0.15) is 0 Å². The van der Waals surface area contributed by atoms with Crippen molar-refractivity contribution < 1.29 is 23.5 Å². The number of halogens is 2. The van der Waals surface area contributed by atoms with Crippen LogP contribution in [-0.2, 0) is 4.74 Å². The molecule has 1 amide bonds. The number of carbonyl (C=O) groups is 2. The second kappa shape index (κ2) is 9.28. The number of nitrogens with one attached hydrogen (secondary N) is 1. The number of rotatable bonds is 6. The largest absolute Gasteiger partial charge is 0.497 e. The van der Waals surface area contributed by atoms with Gasteiger partial charge in [0.25, 0.3) is 5.91 Å². The van der Waals surface area contributed by atoms with Gasteiger partial charge in [0, 0.05) is 21.0 Å².